The summed E-state index contributed by atoms with van der Waals surface area (Å²) in [5.74, 6) is -0.157. The maximum Gasteiger partial charge on any atom is 0.244 e. The molecule has 1 aromatic rings. The largest absolute Gasteiger partial charge is 0.352 e. The van der Waals surface area contributed by atoms with E-state index in [0.717, 1.165) is 4.47 Å². The van der Waals surface area contributed by atoms with Crippen LogP contribution in [0.5, 0.6) is 0 Å². The van der Waals surface area contributed by atoms with Gasteiger partial charge in [-0.2, -0.15) is 4.31 Å². The molecular weight excluding hydrogens is 368 g/mol. The molecule has 8 heteroatoms. The van der Waals surface area contributed by atoms with Gasteiger partial charge in [-0.05, 0) is 24.6 Å². The molecule has 0 aliphatic carbocycles. The van der Waals surface area contributed by atoms with Crippen molar-refractivity contribution in [3.05, 3.63) is 27.7 Å². The number of carbonyl (C=O) groups excluding carboxylic acids is 1. The van der Waals surface area contributed by atoms with Crippen molar-refractivity contribution in [3.8, 4) is 0 Å². The van der Waals surface area contributed by atoms with Gasteiger partial charge < -0.3 is 5.32 Å². The number of benzene rings is 1. The van der Waals surface area contributed by atoms with Crippen molar-refractivity contribution in [3.63, 3.8) is 0 Å². The second kappa shape index (κ2) is 6.01. The summed E-state index contributed by atoms with van der Waals surface area (Å²) in [6, 6.07) is 4.53. The van der Waals surface area contributed by atoms with E-state index in [4.69, 9.17) is 11.6 Å². The van der Waals surface area contributed by atoms with Crippen molar-refractivity contribution in [2.75, 3.05) is 13.1 Å². The highest BCUT2D eigenvalue weighted by Crippen LogP contribution is 2.29. The van der Waals surface area contributed by atoms with E-state index in [-0.39, 0.29) is 28.4 Å². The predicted octanol–water partition coefficient (Wildman–Crippen LogP) is 2.00. The van der Waals surface area contributed by atoms with Gasteiger partial charge in [0.05, 0.1) is 5.02 Å². The number of rotatable bonds is 3. The maximum atomic E-state index is 12.5. The van der Waals surface area contributed by atoms with Crippen LogP contribution in [-0.2, 0) is 14.8 Å². The lowest BCUT2D eigenvalue weighted by atomic mass is 10.3. The van der Waals surface area contributed by atoms with E-state index in [0.29, 0.717) is 13.0 Å². The fourth-order valence-corrected chi connectivity index (χ4v) is 4.69. The summed E-state index contributed by atoms with van der Waals surface area (Å²) in [7, 11) is -3.63. The fourth-order valence-electron chi connectivity index (χ4n) is 2.18. The molecule has 20 heavy (non-hydrogen) atoms. The van der Waals surface area contributed by atoms with Crippen LogP contribution in [0.25, 0.3) is 0 Å². The summed E-state index contributed by atoms with van der Waals surface area (Å²) in [6.45, 7) is 2.07. The van der Waals surface area contributed by atoms with Gasteiger partial charge >= 0.3 is 0 Å². The Morgan fingerprint density at radius 2 is 2.20 bits per heavy atom. The van der Waals surface area contributed by atoms with Crippen molar-refractivity contribution in [1.29, 1.82) is 0 Å². The second-order valence-corrected chi connectivity index (χ2v) is 7.85. The molecule has 1 aliphatic rings. The maximum absolute atomic E-state index is 12.5. The standard InChI is InChI=1S/C12H14BrClN2O3S/c1-8(17)15-10-4-5-16(7-10)20(18,19)12-3-2-9(13)6-11(12)14/h2-3,6,10H,4-5,7H2,1H3,(H,15,17). The molecule has 5 nitrogen and oxygen atoms in total. The van der Waals surface area contributed by atoms with Gasteiger partial charge in [0.25, 0.3) is 0 Å². The van der Waals surface area contributed by atoms with Crippen molar-refractivity contribution in [1.82, 2.24) is 9.62 Å². The van der Waals surface area contributed by atoms with Crippen LogP contribution in [0.2, 0.25) is 5.02 Å². The summed E-state index contributed by atoms with van der Waals surface area (Å²) in [5, 5.41) is 2.92. The lowest BCUT2D eigenvalue weighted by molar-refractivity contribution is -0.119. The first kappa shape index (κ1) is 15.8. The van der Waals surface area contributed by atoms with Crippen LogP contribution < -0.4 is 5.32 Å². The number of carbonyl (C=O) groups is 1. The zero-order valence-electron chi connectivity index (χ0n) is 10.8. The predicted molar refractivity (Wildman–Crippen MR) is 80.1 cm³/mol. The highest BCUT2D eigenvalue weighted by atomic mass is 79.9. The Morgan fingerprint density at radius 1 is 1.50 bits per heavy atom. The molecule has 1 amide bonds. The summed E-state index contributed by atoms with van der Waals surface area (Å²) >= 11 is 9.25. The number of nitrogens with one attached hydrogen (secondary N) is 1. The minimum Gasteiger partial charge on any atom is -0.352 e. The summed E-state index contributed by atoms with van der Waals surface area (Å²) in [5.41, 5.74) is 0. The van der Waals surface area contributed by atoms with E-state index in [1.54, 1.807) is 12.1 Å². The van der Waals surface area contributed by atoms with Gasteiger partial charge in [-0.25, -0.2) is 8.42 Å². The highest BCUT2D eigenvalue weighted by molar-refractivity contribution is 9.10. The molecule has 1 unspecified atom stereocenters. The number of hydrogen-bond acceptors (Lipinski definition) is 3. The Morgan fingerprint density at radius 3 is 2.80 bits per heavy atom. The van der Waals surface area contributed by atoms with Crippen LogP contribution in [0, 0.1) is 0 Å². The second-order valence-electron chi connectivity index (χ2n) is 4.62. The lowest BCUT2D eigenvalue weighted by Crippen LogP contribution is -2.37. The van der Waals surface area contributed by atoms with Crippen LogP contribution in [0.1, 0.15) is 13.3 Å². The van der Waals surface area contributed by atoms with Gasteiger partial charge in [0.2, 0.25) is 15.9 Å². The molecule has 1 aliphatic heterocycles. The molecule has 1 fully saturated rings. The van der Waals surface area contributed by atoms with Crippen molar-refractivity contribution < 1.29 is 13.2 Å². The van der Waals surface area contributed by atoms with E-state index >= 15 is 0 Å². The monoisotopic (exact) mass is 380 g/mol. The quantitative estimate of drug-likeness (QED) is 0.871. The van der Waals surface area contributed by atoms with E-state index in [2.05, 4.69) is 21.2 Å². The van der Waals surface area contributed by atoms with Crippen molar-refractivity contribution in [2.45, 2.75) is 24.3 Å². The Hall–Kier alpha value is -0.630. The Bertz CT molecular complexity index is 636. The average Bonchev–Trinajstić information content (AvgIpc) is 2.76. The first-order valence-electron chi connectivity index (χ1n) is 6.03. The van der Waals surface area contributed by atoms with Crippen LogP contribution in [-0.4, -0.2) is 37.8 Å². The smallest absolute Gasteiger partial charge is 0.244 e. The van der Waals surface area contributed by atoms with Gasteiger partial charge in [-0.15, -0.1) is 0 Å². The first-order chi connectivity index (χ1) is 9.30. The number of sulfonamides is 1. The third-order valence-electron chi connectivity index (χ3n) is 3.07. The van der Waals surface area contributed by atoms with Crippen molar-refractivity contribution >= 4 is 43.5 Å². The molecule has 2 rings (SSSR count). The summed E-state index contributed by atoms with van der Waals surface area (Å²) in [6.07, 6.45) is 0.604. The van der Waals surface area contributed by atoms with Gasteiger partial charge in [-0.1, -0.05) is 27.5 Å². The van der Waals surface area contributed by atoms with E-state index < -0.39 is 10.0 Å². The van der Waals surface area contributed by atoms with E-state index in [1.165, 1.54) is 17.3 Å². The Kier molecular flexibility index (Phi) is 4.73. The van der Waals surface area contributed by atoms with Crippen molar-refractivity contribution in [2.24, 2.45) is 0 Å². The molecule has 0 radical (unpaired) electrons. The first-order valence-corrected chi connectivity index (χ1v) is 8.64. The summed E-state index contributed by atoms with van der Waals surface area (Å²) in [4.78, 5) is 11.1. The highest BCUT2D eigenvalue weighted by Gasteiger charge is 2.33. The molecule has 1 atom stereocenters. The zero-order chi connectivity index (χ0) is 14.9. The molecule has 0 aromatic heterocycles. The molecular formula is C12H14BrClN2O3S. The van der Waals surface area contributed by atoms with Crippen LogP contribution >= 0.6 is 27.5 Å². The zero-order valence-corrected chi connectivity index (χ0v) is 13.9. The average molecular weight is 382 g/mol. The molecule has 110 valence electrons. The van der Waals surface area contributed by atoms with Gasteiger partial charge in [-0.3, -0.25) is 4.79 Å². The van der Waals surface area contributed by atoms with Gasteiger partial charge in [0, 0.05) is 30.5 Å². The number of halogens is 2. The third-order valence-corrected chi connectivity index (χ3v) is 5.91. The van der Waals surface area contributed by atoms with Gasteiger partial charge in [0.1, 0.15) is 4.90 Å². The number of amides is 1. The fraction of sp³-hybridized carbons (Fsp3) is 0.417. The Labute approximate surface area is 131 Å². The van der Waals surface area contributed by atoms with E-state index in [9.17, 15) is 13.2 Å². The summed E-state index contributed by atoms with van der Waals surface area (Å²) < 4.78 is 27.1. The number of nitrogens with zero attached hydrogens (tertiary/aromatic N) is 1. The molecule has 0 spiro atoms. The van der Waals surface area contributed by atoms with Crippen LogP contribution in [0.3, 0.4) is 0 Å². The Balaban J connectivity index is 2.21. The SMILES string of the molecule is CC(=O)NC1CCN(S(=O)(=O)c2ccc(Br)cc2Cl)C1. The normalized spacial score (nSPS) is 20.1. The number of hydrogen-bond donors (Lipinski definition) is 1. The van der Waals surface area contributed by atoms with Crippen LogP contribution in [0.4, 0.5) is 0 Å². The molecule has 1 heterocycles. The lowest BCUT2D eigenvalue weighted by Gasteiger charge is -2.17. The topological polar surface area (TPSA) is 66.5 Å². The van der Waals surface area contributed by atoms with E-state index in [1.807, 2.05) is 0 Å². The molecule has 1 saturated heterocycles. The van der Waals surface area contributed by atoms with Gasteiger partial charge in [0.15, 0.2) is 0 Å². The van der Waals surface area contributed by atoms with Crippen LogP contribution in [0.15, 0.2) is 27.6 Å². The molecule has 0 saturated carbocycles. The third kappa shape index (κ3) is 3.33. The molecule has 1 aromatic carbocycles. The molecule has 0 bridgehead atoms. The minimum atomic E-state index is -3.63. The minimum absolute atomic E-state index is 0.0887. The molecule has 1 N–H and O–H groups in total.